The van der Waals surface area contributed by atoms with Crippen molar-refractivity contribution in [1.82, 2.24) is 19.9 Å². The van der Waals surface area contributed by atoms with Crippen LogP contribution in [-0.2, 0) is 6.18 Å². The summed E-state index contributed by atoms with van der Waals surface area (Å²) in [5, 5.41) is 11.6. The van der Waals surface area contributed by atoms with Crippen LogP contribution in [0.4, 0.5) is 23.7 Å². The van der Waals surface area contributed by atoms with Gasteiger partial charge in [-0.25, -0.2) is 14.8 Å². The first-order chi connectivity index (χ1) is 17.6. The molecule has 3 heterocycles. The van der Waals surface area contributed by atoms with Gasteiger partial charge < -0.3 is 14.6 Å². The molecule has 6 rings (SSSR count). The van der Waals surface area contributed by atoms with Crippen molar-refractivity contribution < 1.29 is 32.5 Å². The first kappa shape index (κ1) is 23.7. The van der Waals surface area contributed by atoms with E-state index in [1.807, 2.05) is 6.07 Å². The molecular weight excluding hydrogens is 491 g/mol. The molecule has 37 heavy (non-hydrogen) atoms. The second kappa shape index (κ2) is 8.17. The number of benzene rings is 1. The lowest BCUT2D eigenvalue weighted by Crippen LogP contribution is -2.51. The SMILES string of the molecule is COc1ccc2c(OC34CCC(N5C(=O)N(c6cncc(C(F)(F)F)c6)CC5O)(CC3)C4)ncnc2c1. The number of hydrogen-bond donors (Lipinski definition) is 1. The Balaban J connectivity index is 1.25. The van der Waals surface area contributed by atoms with Crippen LogP contribution in [0.25, 0.3) is 10.9 Å². The van der Waals surface area contributed by atoms with Gasteiger partial charge in [0.25, 0.3) is 0 Å². The minimum atomic E-state index is -4.59. The third-order valence-corrected chi connectivity index (χ3v) is 7.82. The minimum Gasteiger partial charge on any atom is -0.497 e. The molecule has 3 aliphatic rings. The van der Waals surface area contributed by atoms with Crippen LogP contribution in [0.1, 0.15) is 37.7 Å². The van der Waals surface area contributed by atoms with Gasteiger partial charge in [-0.05, 0) is 43.9 Å². The van der Waals surface area contributed by atoms with Gasteiger partial charge in [-0.1, -0.05) is 0 Å². The Hall–Kier alpha value is -3.67. The number of ether oxygens (including phenoxy) is 2. The summed E-state index contributed by atoms with van der Waals surface area (Å²) in [6.07, 6.45) is 0.570. The van der Waals surface area contributed by atoms with Crippen molar-refractivity contribution in [3.8, 4) is 11.6 Å². The number of anilines is 1. The summed E-state index contributed by atoms with van der Waals surface area (Å²) in [4.78, 5) is 28.4. The number of rotatable bonds is 5. The van der Waals surface area contributed by atoms with Gasteiger partial charge in [0.15, 0.2) is 0 Å². The third kappa shape index (κ3) is 3.81. The van der Waals surface area contributed by atoms with E-state index in [1.54, 1.807) is 19.2 Å². The molecule has 12 heteroatoms. The number of carbonyl (C=O) groups excluding carboxylic acids is 1. The fourth-order valence-corrected chi connectivity index (χ4v) is 6.06. The van der Waals surface area contributed by atoms with E-state index < -0.39 is 35.1 Å². The summed E-state index contributed by atoms with van der Waals surface area (Å²) >= 11 is 0. The van der Waals surface area contributed by atoms with Crippen molar-refractivity contribution in [2.24, 2.45) is 0 Å². The molecular formula is C25H24F3N5O4. The molecule has 2 aliphatic carbocycles. The zero-order chi connectivity index (χ0) is 26.0. The first-order valence-electron chi connectivity index (χ1n) is 11.9. The molecule has 1 unspecified atom stereocenters. The quantitative estimate of drug-likeness (QED) is 0.545. The number of β-amino-alcohol motifs (C(OH)–C–C–N with tert-alkyl or cyclic N) is 1. The average Bonchev–Trinajstić information content (AvgIpc) is 3.52. The Labute approximate surface area is 209 Å². The predicted molar refractivity (Wildman–Crippen MR) is 125 cm³/mol. The van der Waals surface area contributed by atoms with Gasteiger partial charge in [0.1, 0.15) is 23.9 Å². The summed E-state index contributed by atoms with van der Waals surface area (Å²) in [7, 11) is 1.58. The minimum absolute atomic E-state index is 0.000773. The third-order valence-electron chi connectivity index (χ3n) is 7.82. The van der Waals surface area contributed by atoms with Crippen molar-refractivity contribution in [3.63, 3.8) is 0 Å². The second-order valence-corrected chi connectivity index (χ2v) is 9.92. The van der Waals surface area contributed by atoms with E-state index in [0.717, 1.165) is 16.4 Å². The van der Waals surface area contributed by atoms with Crippen LogP contribution < -0.4 is 14.4 Å². The zero-order valence-corrected chi connectivity index (χ0v) is 19.9. The van der Waals surface area contributed by atoms with Gasteiger partial charge in [0.05, 0.1) is 47.5 Å². The van der Waals surface area contributed by atoms with Crippen molar-refractivity contribution >= 4 is 22.6 Å². The maximum Gasteiger partial charge on any atom is 0.417 e. The molecule has 0 spiro atoms. The van der Waals surface area contributed by atoms with Crippen molar-refractivity contribution in [2.75, 3.05) is 18.6 Å². The predicted octanol–water partition coefficient (Wildman–Crippen LogP) is 4.15. The second-order valence-electron chi connectivity index (χ2n) is 9.92. The topological polar surface area (TPSA) is 101 Å². The number of hydrogen-bond acceptors (Lipinski definition) is 7. The lowest BCUT2D eigenvalue weighted by molar-refractivity contribution is -0.137. The smallest absolute Gasteiger partial charge is 0.417 e. The number of nitrogens with zero attached hydrogens (tertiary/aromatic N) is 5. The van der Waals surface area contributed by atoms with Crippen LogP contribution in [0.2, 0.25) is 0 Å². The van der Waals surface area contributed by atoms with Gasteiger partial charge in [-0.3, -0.25) is 14.8 Å². The highest BCUT2D eigenvalue weighted by atomic mass is 19.4. The molecule has 1 aromatic carbocycles. The summed E-state index contributed by atoms with van der Waals surface area (Å²) in [6, 6.07) is 5.79. The molecule has 2 bridgehead atoms. The zero-order valence-electron chi connectivity index (χ0n) is 19.9. The molecule has 9 nitrogen and oxygen atoms in total. The molecule has 1 saturated heterocycles. The van der Waals surface area contributed by atoms with Crippen LogP contribution in [0.5, 0.6) is 11.6 Å². The molecule has 1 atom stereocenters. The summed E-state index contributed by atoms with van der Waals surface area (Å²) in [5.74, 6) is 1.11. The number of pyridine rings is 1. The lowest BCUT2D eigenvalue weighted by atomic mass is 9.91. The highest BCUT2D eigenvalue weighted by Gasteiger charge is 2.63. The summed E-state index contributed by atoms with van der Waals surface area (Å²) in [6.45, 7) is -0.143. The number of aromatic nitrogens is 3. The Morgan fingerprint density at radius 1 is 1.11 bits per heavy atom. The van der Waals surface area contributed by atoms with Crippen LogP contribution in [-0.4, -0.2) is 62.0 Å². The van der Waals surface area contributed by atoms with E-state index >= 15 is 0 Å². The number of fused-ring (bicyclic) bond motifs is 3. The fourth-order valence-electron chi connectivity index (χ4n) is 6.06. The van der Waals surface area contributed by atoms with Crippen LogP contribution in [0.3, 0.4) is 0 Å². The molecule has 0 radical (unpaired) electrons. The Morgan fingerprint density at radius 2 is 1.89 bits per heavy atom. The maximum atomic E-state index is 13.5. The number of aliphatic hydroxyl groups excluding tert-OH is 1. The molecule has 194 valence electrons. The fraction of sp³-hybridized carbons (Fsp3) is 0.440. The van der Waals surface area contributed by atoms with Crippen molar-refractivity contribution in [3.05, 3.63) is 48.5 Å². The monoisotopic (exact) mass is 515 g/mol. The van der Waals surface area contributed by atoms with E-state index in [-0.39, 0.29) is 12.2 Å². The van der Waals surface area contributed by atoms with E-state index in [9.17, 15) is 23.1 Å². The highest BCUT2D eigenvalue weighted by molar-refractivity contribution is 5.95. The number of halogens is 3. The number of amides is 2. The van der Waals surface area contributed by atoms with E-state index in [1.165, 1.54) is 17.4 Å². The van der Waals surface area contributed by atoms with Gasteiger partial charge >= 0.3 is 12.2 Å². The van der Waals surface area contributed by atoms with Crippen LogP contribution in [0, 0.1) is 0 Å². The largest absolute Gasteiger partial charge is 0.497 e. The molecule has 1 aliphatic heterocycles. The average molecular weight is 515 g/mol. The molecule has 2 amide bonds. The number of urea groups is 1. The van der Waals surface area contributed by atoms with Gasteiger partial charge in [0, 0.05) is 18.7 Å². The normalized spacial score (nSPS) is 27.4. The van der Waals surface area contributed by atoms with E-state index in [4.69, 9.17) is 9.47 Å². The molecule has 3 aromatic rings. The Morgan fingerprint density at radius 3 is 2.62 bits per heavy atom. The van der Waals surface area contributed by atoms with Gasteiger partial charge in [0.2, 0.25) is 5.88 Å². The van der Waals surface area contributed by atoms with E-state index in [2.05, 4.69) is 15.0 Å². The molecule has 3 fully saturated rings. The number of alkyl halides is 3. The first-order valence-corrected chi connectivity index (χ1v) is 11.9. The van der Waals surface area contributed by atoms with Crippen LogP contribution in [0.15, 0.2) is 43.0 Å². The number of aliphatic hydroxyl groups is 1. The standard InChI is InChI=1S/C25H24F3N5O4/c1-36-17-2-3-18-19(9-17)30-14-31-21(18)37-24-6-4-23(13-24,5-7-24)33-20(34)12-32(22(33)35)16-8-15(10-29-11-16)25(26,27)28/h2-3,8-11,14,20,34H,4-7,12-13H2,1H3. The van der Waals surface area contributed by atoms with E-state index in [0.29, 0.717) is 55.4 Å². The molecule has 2 aromatic heterocycles. The molecule has 1 N–H and O–H groups in total. The Bertz CT molecular complexity index is 1380. The molecule has 2 saturated carbocycles. The number of methoxy groups -OCH3 is 1. The lowest BCUT2D eigenvalue weighted by Gasteiger charge is -2.38. The van der Waals surface area contributed by atoms with Gasteiger partial charge in [-0.2, -0.15) is 13.2 Å². The van der Waals surface area contributed by atoms with Gasteiger partial charge in [-0.15, -0.1) is 0 Å². The Kier molecular flexibility index (Phi) is 5.23. The van der Waals surface area contributed by atoms with Crippen LogP contribution >= 0.6 is 0 Å². The maximum absolute atomic E-state index is 13.5. The highest BCUT2D eigenvalue weighted by Crippen LogP contribution is 2.57. The number of carbonyl (C=O) groups is 1. The summed E-state index contributed by atoms with van der Waals surface area (Å²) < 4.78 is 51.4. The van der Waals surface area contributed by atoms with Crippen molar-refractivity contribution in [1.29, 1.82) is 0 Å². The summed E-state index contributed by atoms with van der Waals surface area (Å²) in [5.41, 5.74) is -1.51. The van der Waals surface area contributed by atoms with Crippen molar-refractivity contribution in [2.45, 2.75) is 55.6 Å².